The van der Waals surface area contributed by atoms with E-state index in [1.165, 1.54) is 11.3 Å². The summed E-state index contributed by atoms with van der Waals surface area (Å²) in [6.07, 6.45) is 0.0726. The third-order valence-corrected chi connectivity index (χ3v) is 4.54. The Hall–Kier alpha value is -2.21. The van der Waals surface area contributed by atoms with Gasteiger partial charge in [0.25, 0.3) is 0 Å². The lowest BCUT2D eigenvalue weighted by Crippen LogP contribution is -2.34. The molecule has 0 saturated heterocycles. The van der Waals surface area contributed by atoms with Crippen molar-refractivity contribution in [1.29, 1.82) is 0 Å². The minimum Gasteiger partial charge on any atom is -0.479 e. The van der Waals surface area contributed by atoms with E-state index in [9.17, 15) is 14.7 Å². The molecule has 0 saturated carbocycles. The second-order valence-corrected chi connectivity index (χ2v) is 7.18. The van der Waals surface area contributed by atoms with Crippen LogP contribution in [-0.4, -0.2) is 22.0 Å². The lowest BCUT2D eigenvalue weighted by atomic mass is 9.98. The Balaban J connectivity index is 2.05. The molecule has 0 radical (unpaired) electrons. The molecule has 5 nitrogen and oxygen atoms in total. The molecule has 2 N–H and O–H groups in total. The second kappa shape index (κ2) is 6.91. The van der Waals surface area contributed by atoms with Crippen LogP contribution in [0.15, 0.2) is 35.7 Å². The fraction of sp³-hybridized carbons (Fsp3) is 0.353. The number of hydrogen-bond acceptors (Lipinski definition) is 4. The maximum atomic E-state index is 12.1. The Morgan fingerprint density at radius 1 is 1.26 bits per heavy atom. The van der Waals surface area contributed by atoms with Gasteiger partial charge in [0.1, 0.15) is 0 Å². The van der Waals surface area contributed by atoms with Crippen LogP contribution in [0.3, 0.4) is 0 Å². The molecule has 0 spiro atoms. The molecule has 0 bridgehead atoms. The molecule has 2 aromatic rings. The van der Waals surface area contributed by atoms with Gasteiger partial charge in [-0.25, -0.2) is 9.78 Å². The normalized spacial score (nSPS) is 12.7. The van der Waals surface area contributed by atoms with Gasteiger partial charge >= 0.3 is 5.97 Å². The van der Waals surface area contributed by atoms with Crippen molar-refractivity contribution in [3.8, 4) is 0 Å². The molecule has 1 aromatic heterocycles. The van der Waals surface area contributed by atoms with Crippen molar-refractivity contribution in [1.82, 2.24) is 10.3 Å². The molecule has 6 heteroatoms. The third-order valence-electron chi connectivity index (χ3n) is 3.22. The molecule has 0 aliphatic carbocycles. The van der Waals surface area contributed by atoms with Gasteiger partial charge in [0.2, 0.25) is 5.91 Å². The highest BCUT2D eigenvalue weighted by atomic mass is 32.1. The largest absolute Gasteiger partial charge is 0.479 e. The van der Waals surface area contributed by atoms with Gasteiger partial charge in [-0.1, -0.05) is 51.1 Å². The van der Waals surface area contributed by atoms with Crippen molar-refractivity contribution in [2.45, 2.75) is 38.6 Å². The number of thiazole rings is 1. The molecule has 1 aromatic carbocycles. The molecule has 2 rings (SSSR count). The first-order valence-corrected chi connectivity index (χ1v) is 8.17. The summed E-state index contributed by atoms with van der Waals surface area (Å²) in [5, 5.41) is 14.7. The van der Waals surface area contributed by atoms with Crippen molar-refractivity contribution in [2.24, 2.45) is 0 Å². The summed E-state index contributed by atoms with van der Waals surface area (Å²) in [5.74, 6) is -1.44. The number of nitrogens with one attached hydrogen (secondary N) is 1. The first-order chi connectivity index (χ1) is 10.8. The van der Waals surface area contributed by atoms with Crippen LogP contribution in [0.25, 0.3) is 0 Å². The number of benzene rings is 1. The number of carboxylic acid groups (broad SMARTS) is 1. The molecule has 0 fully saturated rings. The number of carbonyl (C=O) groups is 2. The van der Waals surface area contributed by atoms with Crippen LogP contribution < -0.4 is 5.32 Å². The summed E-state index contributed by atoms with van der Waals surface area (Å²) in [6.45, 7) is 6.18. The Morgan fingerprint density at radius 2 is 1.91 bits per heavy atom. The van der Waals surface area contributed by atoms with Crippen LogP contribution in [0.1, 0.15) is 43.1 Å². The number of aliphatic carboxylic acids is 1. The topological polar surface area (TPSA) is 79.3 Å². The van der Waals surface area contributed by atoms with Gasteiger partial charge in [0.15, 0.2) is 6.04 Å². The monoisotopic (exact) mass is 332 g/mol. The van der Waals surface area contributed by atoms with Gasteiger partial charge in [-0.2, -0.15) is 0 Å². The van der Waals surface area contributed by atoms with E-state index in [2.05, 4.69) is 31.1 Å². The zero-order valence-corrected chi connectivity index (χ0v) is 14.2. The van der Waals surface area contributed by atoms with Crippen LogP contribution in [0, 0.1) is 0 Å². The van der Waals surface area contributed by atoms with E-state index in [-0.39, 0.29) is 17.7 Å². The quantitative estimate of drug-likeness (QED) is 0.882. The van der Waals surface area contributed by atoms with Gasteiger partial charge < -0.3 is 10.4 Å². The van der Waals surface area contributed by atoms with Crippen molar-refractivity contribution in [2.75, 3.05) is 0 Å². The van der Waals surface area contributed by atoms with Crippen molar-refractivity contribution < 1.29 is 14.7 Å². The van der Waals surface area contributed by atoms with Crippen molar-refractivity contribution >= 4 is 23.2 Å². The fourth-order valence-corrected chi connectivity index (χ4v) is 2.95. The number of nitrogens with zero attached hydrogens (tertiary/aromatic N) is 1. The predicted octanol–water partition coefficient (Wildman–Crippen LogP) is 2.93. The highest BCUT2D eigenvalue weighted by Crippen LogP contribution is 2.25. The summed E-state index contributed by atoms with van der Waals surface area (Å²) in [7, 11) is 0. The minimum atomic E-state index is -1.08. The number of amides is 1. The van der Waals surface area contributed by atoms with E-state index in [0.717, 1.165) is 5.01 Å². The van der Waals surface area contributed by atoms with Gasteiger partial charge in [0, 0.05) is 10.8 Å². The maximum absolute atomic E-state index is 12.1. The van der Waals surface area contributed by atoms with Gasteiger partial charge in [-0.15, -0.1) is 11.3 Å². The number of hydrogen-bond donors (Lipinski definition) is 2. The highest BCUT2D eigenvalue weighted by molar-refractivity contribution is 7.09. The second-order valence-electron chi connectivity index (χ2n) is 6.32. The molecular weight excluding hydrogens is 312 g/mol. The lowest BCUT2D eigenvalue weighted by Gasteiger charge is -2.15. The Bertz CT molecular complexity index is 689. The van der Waals surface area contributed by atoms with E-state index >= 15 is 0 Å². The van der Waals surface area contributed by atoms with Crippen LogP contribution >= 0.6 is 11.3 Å². The van der Waals surface area contributed by atoms with E-state index in [0.29, 0.717) is 11.3 Å². The fourth-order valence-electron chi connectivity index (χ4n) is 2.04. The number of rotatable bonds is 5. The highest BCUT2D eigenvalue weighted by Gasteiger charge is 2.23. The Labute approximate surface area is 139 Å². The predicted molar refractivity (Wildman–Crippen MR) is 89.5 cm³/mol. The van der Waals surface area contributed by atoms with E-state index in [1.54, 1.807) is 30.3 Å². The summed E-state index contributed by atoms with van der Waals surface area (Å²) in [4.78, 5) is 28.0. The zero-order chi connectivity index (χ0) is 17.0. The molecule has 1 heterocycles. The zero-order valence-electron chi connectivity index (χ0n) is 13.4. The molecule has 0 unspecified atom stereocenters. The smallest absolute Gasteiger partial charge is 0.330 e. The van der Waals surface area contributed by atoms with Gasteiger partial charge in [0.05, 0.1) is 17.1 Å². The van der Waals surface area contributed by atoms with Crippen molar-refractivity contribution in [3.05, 3.63) is 52.0 Å². The third kappa shape index (κ3) is 4.63. The summed E-state index contributed by atoms with van der Waals surface area (Å²) < 4.78 is 0. The molecule has 1 amide bonds. The van der Waals surface area contributed by atoms with E-state index in [4.69, 9.17) is 0 Å². The molecule has 122 valence electrons. The number of aromatic nitrogens is 1. The molecular formula is C17H20N2O3S. The summed E-state index contributed by atoms with van der Waals surface area (Å²) in [5.41, 5.74) is 1.14. The van der Waals surface area contributed by atoms with Crippen molar-refractivity contribution in [3.63, 3.8) is 0 Å². The average molecular weight is 332 g/mol. The SMILES string of the molecule is CC(C)(C)c1nc(CC(=O)N[C@@H](C(=O)O)c2ccccc2)cs1. The maximum Gasteiger partial charge on any atom is 0.330 e. The van der Waals surface area contributed by atoms with E-state index < -0.39 is 12.0 Å². The lowest BCUT2D eigenvalue weighted by molar-refractivity contribution is -0.142. The standard InChI is InChI=1S/C17H20N2O3S/c1-17(2,3)16-18-12(10-23-16)9-13(20)19-14(15(21)22)11-7-5-4-6-8-11/h4-8,10,14H,9H2,1-3H3,(H,19,20)(H,21,22)/t14-/m1/s1. The summed E-state index contributed by atoms with van der Waals surface area (Å²) in [6, 6.07) is 7.60. The first-order valence-electron chi connectivity index (χ1n) is 7.29. The molecule has 23 heavy (non-hydrogen) atoms. The Kier molecular flexibility index (Phi) is 5.15. The van der Waals surface area contributed by atoms with Crippen LogP contribution in [-0.2, 0) is 21.4 Å². The number of carbonyl (C=O) groups excluding carboxylic acids is 1. The molecule has 0 aliphatic heterocycles. The summed E-state index contributed by atoms with van der Waals surface area (Å²) >= 11 is 1.51. The van der Waals surface area contributed by atoms with Gasteiger partial charge in [-0.3, -0.25) is 4.79 Å². The minimum absolute atomic E-state index is 0.0625. The van der Waals surface area contributed by atoms with Gasteiger partial charge in [-0.05, 0) is 5.56 Å². The average Bonchev–Trinajstić information content (AvgIpc) is 2.94. The first kappa shape index (κ1) is 17.1. The molecule has 0 aliphatic rings. The Morgan fingerprint density at radius 3 is 2.43 bits per heavy atom. The molecule has 1 atom stereocenters. The van der Waals surface area contributed by atoms with Crippen LogP contribution in [0.5, 0.6) is 0 Å². The number of carboxylic acids is 1. The van der Waals surface area contributed by atoms with Crippen LogP contribution in [0.2, 0.25) is 0 Å². The van der Waals surface area contributed by atoms with Crippen LogP contribution in [0.4, 0.5) is 0 Å². The van der Waals surface area contributed by atoms with E-state index in [1.807, 2.05) is 5.38 Å².